The molecule has 0 heterocycles. The first-order valence-corrected chi connectivity index (χ1v) is 7.82. The number of hydrogen-bond acceptors (Lipinski definition) is 5. The molecular formula is C18H19N3O4. The topological polar surface area (TPSA) is 93.8 Å². The molecule has 0 unspecified atom stereocenters. The molecule has 2 rings (SSSR count). The summed E-state index contributed by atoms with van der Waals surface area (Å²) in [6, 6.07) is 11.5. The number of hydrogen-bond donors (Lipinski definition) is 1. The summed E-state index contributed by atoms with van der Waals surface area (Å²) in [7, 11) is 0. The van der Waals surface area contributed by atoms with Gasteiger partial charge in [0, 0.05) is 22.8 Å². The summed E-state index contributed by atoms with van der Waals surface area (Å²) in [6.45, 7) is 4.30. The van der Waals surface area contributed by atoms with Crippen molar-refractivity contribution in [2.75, 3.05) is 6.61 Å². The van der Waals surface area contributed by atoms with Crippen molar-refractivity contribution in [3.63, 3.8) is 0 Å². The Morgan fingerprint density at radius 1 is 1.28 bits per heavy atom. The summed E-state index contributed by atoms with van der Waals surface area (Å²) in [6.07, 6.45) is 2.27. The highest BCUT2D eigenvalue weighted by Gasteiger charge is 2.10. The molecule has 0 aliphatic rings. The lowest BCUT2D eigenvalue weighted by atomic mass is 10.1. The Balaban J connectivity index is 1.98. The molecule has 0 aliphatic carbocycles. The Morgan fingerprint density at radius 3 is 2.64 bits per heavy atom. The van der Waals surface area contributed by atoms with Gasteiger partial charge < -0.3 is 4.74 Å². The molecule has 0 bridgehead atoms. The Hall–Kier alpha value is -3.22. The number of carbonyl (C=O) groups is 1. The number of carbonyl (C=O) groups excluding carboxylic acids is 1. The largest absolute Gasteiger partial charge is 0.494 e. The number of nitro groups is 1. The van der Waals surface area contributed by atoms with Crippen molar-refractivity contribution in [3.8, 4) is 5.75 Å². The minimum absolute atomic E-state index is 0.0120. The molecule has 7 heteroatoms. The predicted octanol–water partition coefficient (Wildman–Crippen LogP) is 3.46. The molecule has 2 aromatic carbocycles. The number of hydrazone groups is 1. The van der Waals surface area contributed by atoms with E-state index < -0.39 is 4.92 Å². The van der Waals surface area contributed by atoms with Crippen LogP contribution in [-0.4, -0.2) is 23.7 Å². The maximum absolute atomic E-state index is 12.0. The van der Waals surface area contributed by atoms with Crippen molar-refractivity contribution in [2.24, 2.45) is 5.10 Å². The number of rotatable bonds is 7. The maximum Gasteiger partial charge on any atom is 0.272 e. The number of benzene rings is 2. The van der Waals surface area contributed by atoms with Crippen LogP contribution in [0.2, 0.25) is 0 Å². The zero-order valence-electron chi connectivity index (χ0n) is 14.1. The highest BCUT2D eigenvalue weighted by atomic mass is 16.6. The molecule has 0 saturated heterocycles. The van der Waals surface area contributed by atoms with Crippen LogP contribution in [0.25, 0.3) is 0 Å². The van der Waals surface area contributed by atoms with E-state index in [2.05, 4.69) is 10.5 Å². The van der Waals surface area contributed by atoms with Crippen LogP contribution in [0.15, 0.2) is 47.6 Å². The van der Waals surface area contributed by atoms with Crippen molar-refractivity contribution < 1.29 is 14.5 Å². The van der Waals surface area contributed by atoms with E-state index in [0.717, 1.165) is 6.42 Å². The number of amides is 1. The first kappa shape index (κ1) is 18.1. The van der Waals surface area contributed by atoms with Crippen LogP contribution in [0.4, 0.5) is 5.69 Å². The van der Waals surface area contributed by atoms with E-state index in [4.69, 9.17) is 4.74 Å². The minimum Gasteiger partial charge on any atom is -0.494 e. The van der Waals surface area contributed by atoms with Gasteiger partial charge in [0.1, 0.15) is 5.75 Å². The molecule has 2 aromatic rings. The molecule has 1 N–H and O–H groups in total. The predicted molar refractivity (Wildman–Crippen MR) is 95.1 cm³/mol. The molecule has 0 saturated carbocycles. The molecule has 0 atom stereocenters. The fraction of sp³-hybridized carbons (Fsp3) is 0.222. The first-order valence-electron chi connectivity index (χ1n) is 7.82. The minimum atomic E-state index is -0.451. The molecule has 0 fully saturated rings. The molecule has 0 radical (unpaired) electrons. The van der Waals surface area contributed by atoms with E-state index in [1.807, 2.05) is 6.92 Å². The summed E-state index contributed by atoms with van der Waals surface area (Å²) in [5.41, 5.74) is 3.94. The summed E-state index contributed by atoms with van der Waals surface area (Å²) >= 11 is 0. The van der Waals surface area contributed by atoms with Gasteiger partial charge >= 0.3 is 0 Å². The highest BCUT2D eigenvalue weighted by molar-refractivity contribution is 5.95. The van der Waals surface area contributed by atoms with Crippen molar-refractivity contribution in [3.05, 3.63) is 69.3 Å². The summed E-state index contributed by atoms with van der Waals surface area (Å²) < 4.78 is 5.45. The lowest BCUT2D eigenvalue weighted by Gasteiger charge is -2.05. The van der Waals surface area contributed by atoms with Crippen LogP contribution >= 0.6 is 0 Å². The fourth-order valence-electron chi connectivity index (χ4n) is 2.06. The van der Waals surface area contributed by atoms with Crippen molar-refractivity contribution in [1.29, 1.82) is 0 Å². The third-order valence-electron chi connectivity index (χ3n) is 3.40. The zero-order valence-corrected chi connectivity index (χ0v) is 14.1. The lowest BCUT2D eigenvalue weighted by molar-refractivity contribution is -0.385. The van der Waals surface area contributed by atoms with Crippen molar-refractivity contribution >= 4 is 17.8 Å². The average Bonchev–Trinajstić information content (AvgIpc) is 2.61. The SMILES string of the molecule is CCCOc1ccc(C(=O)N/N=C\c2ccc(C)c([N+](=O)[O-])c2)cc1. The molecule has 1 amide bonds. The normalized spacial score (nSPS) is 10.6. The van der Waals surface area contributed by atoms with Crippen LogP contribution in [-0.2, 0) is 0 Å². The van der Waals surface area contributed by atoms with Crippen molar-refractivity contribution in [2.45, 2.75) is 20.3 Å². The van der Waals surface area contributed by atoms with E-state index in [0.29, 0.717) is 29.0 Å². The monoisotopic (exact) mass is 341 g/mol. The van der Waals surface area contributed by atoms with Crippen LogP contribution in [0.3, 0.4) is 0 Å². The molecule has 0 spiro atoms. The molecule has 130 valence electrons. The Kier molecular flexibility index (Phi) is 6.22. The van der Waals surface area contributed by atoms with Crippen LogP contribution in [0.5, 0.6) is 5.75 Å². The van der Waals surface area contributed by atoms with Gasteiger partial charge in [-0.15, -0.1) is 0 Å². The zero-order chi connectivity index (χ0) is 18.2. The number of aryl methyl sites for hydroxylation is 1. The average molecular weight is 341 g/mol. The number of nitro benzene ring substituents is 1. The van der Waals surface area contributed by atoms with E-state index >= 15 is 0 Å². The molecule has 0 aliphatic heterocycles. The van der Waals surface area contributed by atoms with E-state index in [-0.39, 0.29) is 11.6 Å². The Bertz CT molecular complexity index is 785. The van der Waals surface area contributed by atoms with Gasteiger partial charge in [-0.05, 0) is 37.6 Å². The summed E-state index contributed by atoms with van der Waals surface area (Å²) in [5, 5.41) is 14.8. The molecule has 7 nitrogen and oxygen atoms in total. The van der Waals surface area contributed by atoms with E-state index in [1.54, 1.807) is 43.3 Å². The van der Waals surface area contributed by atoms with E-state index in [1.165, 1.54) is 12.3 Å². The van der Waals surface area contributed by atoms with Crippen LogP contribution in [0.1, 0.15) is 34.8 Å². The number of nitrogens with zero attached hydrogens (tertiary/aromatic N) is 2. The third kappa shape index (κ3) is 5.13. The van der Waals surface area contributed by atoms with Crippen LogP contribution in [0, 0.1) is 17.0 Å². The first-order chi connectivity index (χ1) is 12.0. The van der Waals surface area contributed by atoms with Crippen LogP contribution < -0.4 is 10.2 Å². The van der Waals surface area contributed by atoms with Crippen molar-refractivity contribution in [1.82, 2.24) is 5.43 Å². The smallest absolute Gasteiger partial charge is 0.272 e. The lowest BCUT2D eigenvalue weighted by Crippen LogP contribution is -2.17. The van der Waals surface area contributed by atoms with Gasteiger partial charge in [0.15, 0.2) is 0 Å². The summed E-state index contributed by atoms with van der Waals surface area (Å²) in [5.74, 6) is 0.328. The van der Waals surface area contributed by atoms with Gasteiger partial charge in [0.25, 0.3) is 11.6 Å². The van der Waals surface area contributed by atoms with Gasteiger partial charge in [-0.25, -0.2) is 5.43 Å². The quantitative estimate of drug-likeness (QED) is 0.474. The summed E-state index contributed by atoms with van der Waals surface area (Å²) in [4.78, 5) is 22.5. The number of nitrogens with one attached hydrogen (secondary N) is 1. The highest BCUT2D eigenvalue weighted by Crippen LogP contribution is 2.18. The van der Waals surface area contributed by atoms with Gasteiger partial charge in [0.2, 0.25) is 0 Å². The second-order valence-corrected chi connectivity index (χ2v) is 5.37. The standard InChI is InChI=1S/C18H19N3O4/c1-3-10-25-16-8-6-15(7-9-16)18(22)20-19-12-14-5-4-13(2)17(11-14)21(23)24/h4-9,11-12H,3,10H2,1-2H3,(H,20,22)/b19-12-. The third-order valence-corrected chi connectivity index (χ3v) is 3.40. The van der Waals surface area contributed by atoms with Gasteiger partial charge in [-0.2, -0.15) is 5.10 Å². The van der Waals surface area contributed by atoms with Gasteiger partial charge in [-0.3, -0.25) is 14.9 Å². The fourth-order valence-corrected chi connectivity index (χ4v) is 2.06. The maximum atomic E-state index is 12.0. The van der Waals surface area contributed by atoms with Gasteiger partial charge in [-0.1, -0.05) is 19.1 Å². The second kappa shape index (κ2) is 8.58. The van der Waals surface area contributed by atoms with Gasteiger partial charge in [0.05, 0.1) is 17.7 Å². The Labute approximate surface area is 145 Å². The molecule has 0 aromatic heterocycles. The molecular weight excluding hydrogens is 322 g/mol. The molecule has 25 heavy (non-hydrogen) atoms. The van der Waals surface area contributed by atoms with E-state index in [9.17, 15) is 14.9 Å². The Morgan fingerprint density at radius 2 is 2.00 bits per heavy atom. The number of ether oxygens (including phenoxy) is 1. The second-order valence-electron chi connectivity index (χ2n) is 5.37.